The lowest BCUT2D eigenvalue weighted by molar-refractivity contribution is -0.113. The molecule has 0 saturated carbocycles. The number of nitrogens with one attached hydrogen (secondary N) is 1. The molecule has 3 rings (SSSR count). The summed E-state index contributed by atoms with van der Waals surface area (Å²) >= 11 is 13.3. The Hall–Kier alpha value is -1.69. The van der Waals surface area contributed by atoms with Gasteiger partial charge in [0.15, 0.2) is 5.16 Å². The number of imidazole rings is 1. The van der Waals surface area contributed by atoms with E-state index in [9.17, 15) is 4.79 Å². The van der Waals surface area contributed by atoms with Crippen LogP contribution in [-0.2, 0) is 4.79 Å². The standard InChI is InChI=1S/C15H11Cl2N3OS/c16-11-5-3-6-12(14(11)17)19-13(21)9-22-15-18-8-10-4-1-2-7-20(10)15/h1-8H,9H2,(H,19,21). The predicted molar refractivity (Wildman–Crippen MR) is 91.0 cm³/mol. The van der Waals surface area contributed by atoms with Crippen LogP contribution in [0.1, 0.15) is 0 Å². The van der Waals surface area contributed by atoms with Crippen LogP contribution in [0.15, 0.2) is 53.9 Å². The van der Waals surface area contributed by atoms with Crippen molar-refractivity contribution in [2.24, 2.45) is 0 Å². The molecule has 2 heterocycles. The number of halogens is 2. The monoisotopic (exact) mass is 351 g/mol. The fourth-order valence-electron chi connectivity index (χ4n) is 1.94. The first-order valence-corrected chi connectivity index (χ1v) is 8.18. The third-order valence-corrected chi connectivity index (χ3v) is 4.75. The number of nitrogens with zero attached hydrogens (tertiary/aromatic N) is 2. The molecular formula is C15H11Cl2N3OS. The number of rotatable bonds is 4. The van der Waals surface area contributed by atoms with Gasteiger partial charge in [-0.15, -0.1) is 0 Å². The average molecular weight is 352 g/mol. The molecule has 0 aliphatic heterocycles. The summed E-state index contributed by atoms with van der Waals surface area (Å²) in [6, 6.07) is 10.9. The Morgan fingerprint density at radius 2 is 2.09 bits per heavy atom. The van der Waals surface area contributed by atoms with E-state index in [1.165, 1.54) is 11.8 Å². The third-order valence-electron chi connectivity index (χ3n) is 2.96. The summed E-state index contributed by atoms with van der Waals surface area (Å²) < 4.78 is 1.93. The van der Waals surface area contributed by atoms with Crippen LogP contribution < -0.4 is 5.32 Å². The Kier molecular flexibility index (Phi) is 4.57. The highest BCUT2D eigenvalue weighted by atomic mass is 35.5. The number of carbonyl (C=O) groups excluding carboxylic acids is 1. The number of thioether (sulfide) groups is 1. The van der Waals surface area contributed by atoms with Crippen molar-refractivity contribution in [3.05, 3.63) is 58.8 Å². The van der Waals surface area contributed by atoms with Gasteiger partial charge in [0, 0.05) is 6.20 Å². The number of carbonyl (C=O) groups is 1. The Morgan fingerprint density at radius 3 is 2.95 bits per heavy atom. The first kappa shape index (κ1) is 15.2. The van der Waals surface area contributed by atoms with Crippen molar-refractivity contribution in [2.45, 2.75) is 5.16 Å². The van der Waals surface area contributed by atoms with E-state index < -0.39 is 0 Å². The van der Waals surface area contributed by atoms with E-state index in [2.05, 4.69) is 10.3 Å². The molecule has 22 heavy (non-hydrogen) atoms. The first-order chi connectivity index (χ1) is 10.6. The number of aromatic nitrogens is 2. The van der Waals surface area contributed by atoms with Gasteiger partial charge in [0.25, 0.3) is 0 Å². The first-order valence-electron chi connectivity index (χ1n) is 6.44. The minimum Gasteiger partial charge on any atom is -0.324 e. The molecule has 3 aromatic rings. The number of pyridine rings is 1. The summed E-state index contributed by atoms with van der Waals surface area (Å²) in [7, 11) is 0. The number of fused-ring (bicyclic) bond motifs is 1. The summed E-state index contributed by atoms with van der Waals surface area (Å²) in [5.41, 5.74) is 1.50. The smallest absolute Gasteiger partial charge is 0.234 e. The van der Waals surface area contributed by atoms with Crippen molar-refractivity contribution < 1.29 is 4.79 Å². The second kappa shape index (κ2) is 6.60. The molecule has 0 fully saturated rings. The van der Waals surface area contributed by atoms with E-state index >= 15 is 0 Å². The summed E-state index contributed by atoms with van der Waals surface area (Å²) in [6.45, 7) is 0. The van der Waals surface area contributed by atoms with Gasteiger partial charge in [-0.2, -0.15) is 0 Å². The maximum Gasteiger partial charge on any atom is 0.234 e. The SMILES string of the molecule is O=C(CSc1ncc2ccccn12)Nc1cccc(Cl)c1Cl. The van der Waals surface area contributed by atoms with Gasteiger partial charge in [-0.05, 0) is 24.3 Å². The van der Waals surface area contributed by atoms with Crippen molar-refractivity contribution in [2.75, 3.05) is 11.1 Å². The summed E-state index contributed by atoms with van der Waals surface area (Å²) in [4.78, 5) is 16.3. The molecule has 4 nitrogen and oxygen atoms in total. The molecule has 0 unspecified atom stereocenters. The van der Waals surface area contributed by atoms with E-state index in [0.29, 0.717) is 15.7 Å². The topological polar surface area (TPSA) is 46.4 Å². The second-order valence-electron chi connectivity index (χ2n) is 4.47. The zero-order valence-corrected chi connectivity index (χ0v) is 13.6. The molecule has 2 aromatic heterocycles. The minimum atomic E-state index is -0.165. The van der Waals surface area contributed by atoms with Crippen LogP contribution in [-0.4, -0.2) is 21.0 Å². The number of anilines is 1. The van der Waals surface area contributed by atoms with Gasteiger partial charge in [-0.25, -0.2) is 4.98 Å². The Bertz CT molecular complexity index is 835. The molecule has 0 bridgehead atoms. The van der Waals surface area contributed by atoms with E-state index in [4.69, 9.17) is 23.2 Å². The average Bonchev–Trinajstić information content (AvgIpc) is 2.93. The normalized spacial score (nSPS) is 10.8. The van der Waals surface area contributed by atoms with Gasteiger partial charge in [0.1, 0.15) is 0 Å². The quantitative estimate of drug-likeness (QED) is 0.709. The number of benzene rings is 1. The zero-order chi connectivity index (χ0) is 15.5. The van der Waals surface area contributed by atoms with Crippen LogP contribution >= 0.6 is 35.0 Å². The van der Waals surface area contributed by atoms with Crippen molar-refractivity contribution in [1.29, 1.82) is 0 Å². The van der Waals surface area contributed by atoms with Gasteiger partial charge in [0.2, 0.25) is 5.91 Å². The molecular weight excluding hydrogens is 341 g/mol. The van der Waals surface area contributed by atoms with Gasteiger partial charge in [0.05, 0.1) is 33.2 Å². The maximum atomic E-state index is 12.0. The van der Waals surface area contributed by atoms with Crippen LogP contribution in [0.3, 0.4) is 0 Å². The van der Waals surface area contributed by atoms with Gasteiger partial charge >= 0.3 is 0 Å². The van der Waals surface area contributed by atoms with E-state index in [-0.39, 0.29) is 11.7 Å². The highest BCUT2D eigenvalue weighted by Gasteiger charge is 2.10. The summed E-state index contributed by atoms with van der Waals surface area (Å²) in [5.74, 6) is 0.0680. The second-order valence-corrected chi connectivity index (χ2v) is 6.20. The molecule has 1 N–H and O–H groups in total. The Labute approximate surface area is 141 Å². The van der Waals surface area contributed by atoms with Crippen molar-refractivity contribution in [1.82, 2.24) is 9.38 Å². The highest BCUT2D eigenvalue weighted by Crippen LogP contribution is 2.29. The van der Waals surface area contributed by atoms with Gasteiger partial charge in [-0.3, -0.25) is 9.20 Å². The van der Waals surface area contributed by atoms with E-state index in [0.717, 1.165) is 10.7 Å². The maximum absolute atomic E-state index is 12.0. The lowest BCUT2D eigenvalue weighted by atomic mass is 10.3. The molecule has 7 heteroatoms. The summed E-state index contributed by atoms with van der Waals surface area (Å²) in [6.07, 6.45) is 3.69. The fourth-order valence-corrected chi connectivity index (χ4v) is 3.06. The van der Waals surface area contributed by atoms with Crippen molar-refractivity contribution >= 4 is 52.1 Å². The van der Waals surface area contributed by atoms with Crippen molar-refractivity contribution in [3.63, 3.8) is 0 Å². The van der Waals surface area contributed by atoms with Gasteiger partial charge in [-0.1, -0.05) is 47.1 Å². The fraction of sp³-hybridized carbons (Fsp3) is 0.0667. The summed E-state index contributed by atoms with van der Waals surface area (Å²) in [5, 5.41) is 4.27. The zero-order valence-electron chi connectivity index (χ0n) is 11.3. The van der Waals surface area contributed by atoms with Crippen LogP contribution in [0.5, 0.6) is 0 Å². The number of amides is 1. The largest absolute Gasteiger partial charge is 0.324 e. The predicted octanol–water partition coefficient (Wildman–Crippen LogP) is 4.37. The molecule has 0 aliphatic carbocycles. The lowest BCUT2D eigenvalue weighted by Gasteiger charge is -2.07. The Balaban J connectivity index is 1.66. The Morgan fingerprint density at radius 1 is 1.23 bits per heavy atom. The van der Waals surface area contributed by atoms with Crippen LogP contribution in [0, 0.1) is 0 Å². The minimum absolute atomic E-state index is 0.165. The van der Waals surface area contributed by atoms with Gasteiger partial charge < -0.3 is 5.32 Å². The molecule has 0 spiro atoms. The van der Waals surface area contributed by atoms with Crippen LogP contribution in [0.25, 0.3) is 5.52 Å². The third kappa shape index (κ3) is 3.21. The van der Waals surface area contributed by atoms with E-state index in [1.54, 1.807) is 24.4 Å². The molecule has 112 valence electrons. The lowest BCUT2D eigenvalue weighted by Crippen LogP contribution is -2.14. The molecule has 0 atom stereocenters. The molecule has 0 aliphatic rings. The number of hydrogen-bond donors (Lipinski definition) is 1. The van der Waals surface area contributed by atoms with Crippen LogP contribution in [0.2, 0.25) is 10.0 Å². The molecule has 0 radical (unpaired) electrons. The molecule has 0 saturated heterocycles. The molecule has 1 aromatic carbocycles. The highest BCUT2D eigenvalue weighted by molar-refractivity contribution is 7.99. The number of hydrogen-bond acceptors (Lipinski definition) is 3. The van der Waals surface area contributed by atoms with Crippen LogP contribution in [0.4, 0.5) is 5.69 Å². The molecule has 1 amide bonds. The van der Waals surface area contributed by atoms with Crippen molar-refractivity contribution in [3.8, 4) is 0 Å². The van der Waals surface area contributed by atoms with E-state index in [1.807, 2.05) is 28.8 Å².